The lowest BCUT2D eigenvalue weighted by molar-refractivity contribution is -0.115. The second-order valence-corrected chi connectivity index (χ2v) is 7.44. The molecular formula is C20H16ClN5OS. The van der Waals surface area contributed by atoms with Crippen LogP contribution in [-0.4, -0.2) is 26.1 Å². The lowest BCUT2D eigenvalue weighted by Crippen LogP contribution is -2.14. The second-order valence-electron chi connectivity index (χ2n) is 6.17. The summed E-state index contributed by atoms with van der Waals surface area (Å²) in [4.78, 5) is 21.2. The first kappa shape index (κ1) is 18.3. The molecule has 2 aromatic heterocycles. The summed E-state index contributed by atoms with van der Waals surface area (Å²) >= 11 is 7.69. The summed E-state index contributed by atoms with van der Waals surface area (Å²) in [5.74, 6) is 1.26. The van der Waals surface area contributed by atoms with Crippen molar-refractivity contribution in [2.75, 3.05) is 5.32 Å². The standard InChI is InChI=1S/C20H16ClN5OS/c1-12-22-19(26-25-12)13-6-8-14(9-7-13)23-18(27)10-15-11-28-20(24-15)16-4-2-3-5-17(16)21/h2-9,11H,10H2,1H3,(H,23,27)(H,22,25,26). The lowest BCUT2D eigenvalue weighted by Gasteiger charge is -2.05. The zero-order chi connectivity index (χ0) is 19.5. The number of carbonyl (C=O) groups excluding carboxylic acids is 1. The first-order valence-electron chi connectivity index (χ1n) is 8.57. The van der Waals surface area contributed by atoms with Gasteiger partial charge in [0, 0.05) is 22.2 Å². The number of aromatic nitrogens is 4. The number of nitrogens with zero attached hydrogens (tertiary/aromatic N) is 3. The largest absolute Gasteiger partial charge is 0.326 e. The van der Waals surface area contributed by atoms with Crippen molar-refractivity contribution in [1.82, 2.24) is 20.2 Å². The number of hydrogen-bond donors (Lipinski definition) is 2. The van der Waals surface area contributed by atoms with Gasteiger partial charge >= 0.3 is 0 Å². The van der Waals surface area contributed by atoms with Crippen LogP contribution in [0, 0.1) is 6.92 Å². The van der Waals surface area contributed by atoms with Crippen molar-refractivity contribution in [1.29, 1.82) is 0 Å². The average molecular weight is 410 g/mol. The van der Waals surface area contributed by atoms with Crippen LogP contribution in [0.5, 0.6) is 0 Å². The number of benzene rings is 2. The van der Waals surface area contributed by atoms with Gasteiger partial charge in [-0.05, 0) is 37.3 Å². The van der Waals surface area contributed by atoms with Crippen LogP contribution in [0.1, 0.15) is 11.5 Å². The van der Waals surface area contributed by atoms with Gasteiger partial charge in [-0.3, -0.25) is 9.89 Å². The number of nitrogens with one attached hydrogen (secondary N) is 2. The fourth-order valence-corrected chi connectivity index (χ4v) is 3.83. The second kappa shape index (κ2) is 7.92. The predicted molar refractivity (Wildman–Crippen MR) is 111 cm³/mol. The number of halogens is 1. The molecule has 6 nitrogen and oxygen atoms in total. The summed E-state index contributed by atoms with van der Waals surface area (Å²) in [6.45, 7) is 1.85. The lowest BCUT2D eigenvalue weighted by atomic mass is 10.2. The Kier molecular flexibility index (Phi) is 5.18. The van der Waals surface area contributed by atoms with E-state index in [-0.39, 0.29) is 12.3 Å². The van der Waals surface area contributed by atoms with Gasteiger partial charge in [-0.2, -0.15) is 5.10 Å². The molecule has 0 spiro atoms. The molecule has 2 N–H and O–H groups in total. The van der Waals surface area contributed by atoms with E-state index in [0.717, 1.165) is 22.0 Å². The number of aryl methyl sites for hydroxylation is 1. The SMILES string of the molecule is Cc1nc(-c2ccc(NC(=O)Cc3csc(-c4ccccc4Cl)n3)cc2)n[nH]1. The summed E-state index contributed by atoms with van der Waals surface area (Å²) in [5, 5.41) is 13.2. The van der Waals surface area contributed by atoms with Crippen LogP contribution in [0.3, 0.4) is 0 Å². The Labute approximate surface area is 170 Å². The molecule has 0 saturated carbocycles. The van der Waals surface area contributed by atoms with E-state index >= 15 is 0 Å². The molecule has 0 radical (unpaired) electrons. The topological polar surface area (TPSA) is 83.6 Å². The third-order valence-corrected chi connectivity index (χ3v) is 5.28. The quantitative estimate of drug-likeness (QED) is 0.498. The van der Waals surface area contributed by atoms with Gasteiger partial charge in [0.25, 0.3) is 0 Å². The highest BCUT2D eigenvalue weighted by molar-refractivity contribution is 7.13. The number of aromatic amines is 1. The predicted octanol–water partition coefficient (Wildman–Crippen LogP) is 4.74. The average Bonchev–Trinajstić information content (AvgIpc) is 3.32. The summed E-state index contributed by atoms with van der Waals surface area (Å²) in [6.07, 6.45) is 0.197. The van der Waals surface area contributed by atoms with Gasteiger partial charge in [-0.1, -0.05) is 29.8 Å². The molecule has 2 heterocycles. The fraction of sp³-hybridized carbons (Fsp3) is 0.100. The highest BCUT2D eigenvalue weighted by atomic mass is 35.5. The van der Waals surface area contributed by atoms with Crippen molar-refractivity contribution in [3.05, 3.63) is 70.5 Å². The Hall–Kier alpha value is -3.03. The molecular weight excluding hydrogens is 394 g/mol. The monoisotopic (exact) mass is 409 g/mol. The summed E-state index contributed by atoms with van der Waals surface area (Å²) in [6, 6.07) is 14.9. The minimum Gasteiger partial charge on any atom is -0.326 e. The normalized spacial score (nSPS) is 10.8. The number of anilines is 1. The maximum Gasteiger partial charge on any atom is 0.230 e. The Balaban J connectivity index is 1.40. The minimum atomic E-state index is -0.127. The zero-order valence-corrected chi connectivity index (χ0v) is 16.5. The van der Waals surface area contributed by atoms with Crippen LogP contribution < -0.4 is 5.32 Å². The zero-order valence-electron chi connectivity index (χ0n) is 14.9. The van der Waals surface area contributed by atoms with E-state index in [9.17, 15) is 4.79 Å². The molecule has 8 heteroatoms. The molecule has 0 bridgehead atoms. The van der Waals surface area contributed by atoms with E-state index in [1.165, 1.54) is 11.3 Å². The van der Waals surface area contributed by atoms with E-state index in [0.29, 0.717) is 22.2 Å². The third-order valence-electron chi connectivity index (χ3n) is 4.02. The van der Waals surface area contributed by atoms with E-state index in [1.807, 2.05) is 60.8 Å². The van der Waals surface area contributed by atoms with Crippen LogP contribution in [-0.2, 0) is 11.2 Å². The molecule has 0 atom stereocenters. The molecule has 0 unspecified atom stereocenters. The van der Waals surface area contributed by atoms with Gasteiger partial charge in [-0.25, -0.2) is 9.97 Å². The molecule has 0 aliphatic carbocycles. The van der Waals surface area contributed by atoms with Crippen molar-refractivity contribution >= 4 is 34.5 Å². The molecule has 0 fully saturated rings. The van der Waals surface area contributed by atoms with Crippen LogP contribution in [0.25, 0.3) is 22.0 Å². The van der Waals surface area contributed by atoms with E-state index < -0.39 is 0 Å². The minimum absolute atomic E-state index is 0.127. The Morgan fingerprint density at radius 1 is 1.14 bits per heavy atom. The molecule has 1 amide bonds. The van der Waals surface area contributed by atoms with Crippen molar-refractivity contribution in [3.8, 4) is 22.0 Å². The van der Waals surface area contributed by atoms with Crippen LogP contribution in [0.4, 0.5) is 5.69 Å². The van der Waals surface area contributed by atoms with Crippen LogP contribution >= 0.6 is 22.9 Å². The van der Waals surface area contributed by atoms with Crippen molar-refractivity contribution in [3.63, 3.8) is 0 Å². The Bertz CT molecular complexity index is 1120. The highest BCUT2D eigenvalue weighted by Crippen LogP contribution is 2.30. The number of rotatable bonds is 5. The molecule has 0 aliphatic heterocycles. The molecule has 28 heavy (non-hydrogen) atoms. The van der Waals surface area contributed by atoms with Gasteiger partial charge in [0.15, 0.2) is 5.82 Å². The molecule has 0 aliphatic rings. The van der Waals surface area contributed by atoms with Crippen LogP contribution in [0.2, 0.25) is 5.02 Å². The number of H-pyrrole nitrogens is 1. The Morgan fingerprint density at radius 2 is 1.93 bits per heavy atom. The van der Waals surface area contributed by atoms with Gasteiger partial charge in [0.1, 0.15) is 10.8 Å². The maximum absolute atomic E-state index is 12.4. The number of carbonyl (C=O) groups is 1. The highest BCUT2D eigenvalue weighted by Gasteiger charge is 2.11. The van der Waals surface area contributed by atoms with E-state index in [1.54, 1.807) is 0 Å². The number of thiazole rings is 1. The van der Waals surface area contributed by atoms with Gasteiger partial charge < -0.3 is 5.32 Å². The van der Waals surface area contributed by atoms with E-state index in [2.05, 4.69) is 25.5 Å². The number of hydrogen-bond acceptors (Lipinski definition) is 5. The number of amides is 1. The molecule has 4 aromatic rings. The Morgan fingerprint density at radius 3 is 2.64 bits per heavy atom. The molecule has 4 rings (SSSR count). The smallest absolute Gasteiger partial charge is 0.230 e. The third kappa shape index (κ3) is 4.11. The van der Waals surface area contributed by atoms with Crippen molar-refractivity contribution in [2.45, 2.75) is 13.3 Å². The summed E-state index contributed by atoms with van der Waals surface area (Å²) in [5.41, 5.74) is 3.18. The van der Waals surface area contributed by atoms with Crippen molar-refractivity contribution in [2.24, 2.45) is 0 Å². The first-order valence-corrected chi connectivity index (χ1v) is 9.83. The van der Waals surface area contributed by atoms with E-state index in [4.69, 9.17) is 11.6 Å². The fourth-order valence-electron chi connectivity index (χ4n) is 2.69. The maximum atomic E-state index is 12.4. The van der Waals surface area contributed by atoms with Crippen LogP contribution in [0.15, 0.2) is 53.9 Å². The summed E-state index contributed by atoms with van der Waals surface area (Å²) in [7, 11) is 0. The molecule has 2 aromatic carbocycles. The molecule has 140 valence electrons. The van der Waals surface area contributed by atoms with Gasteiger partial charge in [0.2, 0.25) is 5.91 Å². The van der Waals surface area contributed by atoms with Crippen molar-refractivity contribution < 1.29 is 4.79 Å². The molecule has 0 saturated heterocycles. The van der Waals surface area contributed by atoms with Gasteiger partial charge in [-0.15, -0.1) is 11.3 Å². The van der Waals surface area contributed by atoms with Gasteiger partial charge in [0.05, 0.1) is 17.1 Å². The summed E-state index contributed by atoms with van der Waals surface area (Å²) < 4.78 is 0. The first-order chi connectivity index (χ1) is 13.6.